The molecule has 102 valence electrons. The van der Waals surface area contributed by atoms with Gasteiger partial charge in [0, 0.05) is 38.8 Å². The van der Waals surface area contributed by atoms with E-state index in [4.69, 9.17) is 9.47 Å². The summed E-state index contributed by atoms with van der Waals surface area (Å²) in [7, 11) is 3.69. The minimum atomic E-state index is 0.577. The number of methoxy groups -OCH3 is 1. The highest BCUT2D eigenvalue weighted by Crippen LogP contribution is 2.16. The molecular formula is C15H20N2O2. The number of benzene rings is 1. The van der Waals surface area contributed by atoms with E-state index in [0.29, 0.717) is 13.2 Å². The maximum atomic E-state index is 5.51. The van der Waals surface area contributed by atoms with Crippen molar-refractivity contribution in [2.45, 2.75) is 6.54 Å². The van der Waals surface area contributed by atoms with Gasteiger partial charge in [0.25, 0.3) is 0 Å². The van der Waals surface area contributed by atoms with E-state index < -0.39 is 0 Å². The van der Waals surface area contributed by atoms with Crippen LogP contribution in [0, 0.1) is 0 Å². The maximum Gasteiger partial charge on any atom is 0.119 e. The van der Waals surface area contributed by atoms with Gasteiger partial charge >= 0.3 is 0 Å². The standard InChI is InChI=1S/C15H20N2O2/c1-17-8-7-13(12-17)11-16-14-3-5-15(6-4-14)19-10-9-18-2/h3-8,12,16H,9-11H2,1-2H3. The van der Waals surface area contributed by atoms with Gasteiger partial charge in [0.05, 0.1) is 6.61 Å². The molecular weight excluding hydrogens is 240 g/mol. The van der Waals surface area contributed by atoms with Crippen molar-refractivity contribution in [3.63, 3.8) is 0 Å². The number of hydrogen-bond acceptors (Lipinski definition) is 3. The van der Waals surface area contributed by atoms with Gasteiger partial charge in [-0.2, -0.15) is 0 Å². The number of nitrogens with zero attached hydrogens (tertiary/aromatic N) is 1. The third-order valence-corrected chi connectivity index (χ3v) is 2.80. The van der Waals surface area contributed by atoms with E-state index >= 15 is 0 Å². The molecule has 0 bridgehead atoms. The van der Waals surface area contributed by atoms with Crippen LogP contribution in [0.15, 0.2) is 42.7 Å². The Morgan fingerprint density at radius 1 is 1.11 bits per heavy atom. The number of nitrogens with one attached hydrogen (secondary N) is 1. The molecule has 0 spiro atoms. The molecule has 2 aromatic rings. The zero-order chi connectivity index (χ0) is 13.5. The molecule has 0 unspecified atom stereocenters. The second kappa shape index (κ2) is 6.85. The molecule has 1 N–H and O–H groups in total. The Morgan fingerprint density at radius 3 is 2.53 bits per heavy atom. The van der Waals surface area contributed by atoms with E-state index in [1.165, 1.54) is 5.56 Å². The van der Waals surface area contributed by atoms with Crippen LogP contribution in [0.1, 0.15) is 5.56 Å². The zero-order valence-corrected chi connectivity index (χ0v) is 11.4. The minimum absolute atomic E-state index is 0.577. The molecule has 1 aromatic carbocycles. The molecule has 2 rings (SSSR count). The lowest BCUT2D eigenvalue weighted by Crippen LogP contribution is -2.04. The largest absolute Gasteiger partial charge is 0.491 e. The second-order valence-electron chi connectivity index (χ2n) is 4.40. The molecule has 0 fully saturated rings. The van der Waals surface area contributed by atoms with Gasteiger partial charge in [-0.1, -0.05) is 0 Å². The fraction of sp³-hybridized carbons (Fsp3) is 0.333. The molecule has 0 aliphatic heterocycles. The van der Waals surface area contributed by atoms with Gasteiger partial charge in [-0.3, -0.25) is 0 Å². The van der Waals surface area contributed by atoms with Crippen LogP contribution in [-0.2, 0) is 18.3 Å². The zero-order valence-electron chi connectivity index (χ0n) is 11.4. The lowest BCUT2D eigenvalue weighted by Gasteiger charge is -2.08. The molecule has 1 aromatic heterocycles. The van der Waals surface area contributed by atoms with Crippen molar-refractivity contribution in [2.24, 2.45) is 7.05 Å². The van der Waals surface area contributed by atoms with Gasteiger partial charge in [0.1, 0.15) is 12.4 Å². The lowest BCUT2D eigenvalue weighted by atomic mass is 10.3. The number of rotatable bonds is 7. The van der Waals surface area contributed by atoms with E-state index in [0.717, 1.165) is 18.0 Å². The molecule has 19 heavy (non-hydrogen) atoms. The third-order valence-electron chi connectivity index (χ3n) is 2.80. The average Bonchev–Trinajstić information content (AvgIpc) is 2.84. The highest BCUT2D eigenvalue weighted by atomic mass is 16.5. The summed E-state index contributed by atoms with van der Waals surface area (Å²) >= 11 is 0. The van der Waals surface area contributed by atoms with Gasteiger partial charge in [-0.05, 0) is 35.9 Å². The number of anilines is 1. The number of aromatic nitrogens is 1. The van der Waals surface area contributed by atoms with E-state index in [9.17, 15) is 0 Å². The summed E-state index contributed by atoms with van der Waals surface area (Å²) in [5.74, 6) is 0.863. The van der Waals surface area contributed by atoms with Crippen molar-refractivity contribution < 1.29 is 9.47 Å². The van der Waals surface area contributed by atoms with Crippen LogP contribution in [0.5, 0.6) is 5.75 Å². The van der Waals surface area contributed by atoms with Gasteiger partial charge in [0.2, 0.25) is 0 Å². The number of hydrogen-bond donors (Lipinski definition) is 1. The topological polar surface area (TPSA) is 35.4 Å². The summed E-state index contributed by atoms with van der Waals surface area (Å²) in [6.07, 6.45) is 4.15. The molecule has 0 aliphatic carbocycles. The molecule has 0 saturated carbocycles. The molecule has 4 nitrogen and oxygen atoms in total. The molecule has 0 amide bonds. The maximum absolute atomic E-state index is 5.51. The van der Waals surface area contributed by atoms with E-state index in [1.54, 1.807) is 7.11 Å². The first kappa shape index (κ1) is 13.5. The smallest absolute Gasteiger partial charge is 0.119 e. The summed E-state index contributed by atoms with van der Waals surface area (Å²) in [5.41, 5.74) is 2.35. The van der Waals surface area contributed by atoms with Crippen LogP contribution in [0.3, 0.4) is 0 Å². The molecule has 0 aliphatic rings. The summed E-state index contributed by atoms with van der Waals surface area (Å²) in [6, 6.07) is 10.1. The summed E-state index contributed by atoms with van der Waals surface area (Å²) in [6.45, 7) is 2.01. The minimum Gasteiger partial charge on any atom is -0.491 e. The SMILES string of the molecule is COCCOc1ccc(NCc2ccn(C)c2)cc1. The molecule has 0 saturated heterocycles. The van der Waals surface area contributed by atoms with Crippen LogP contribution < -0.4 is 10.1 Å². The van der Waals surface area contributed by atoms with Crippen LogP contribution in [0.2, 0.25) is 0 Å². The summed E-state index contributed by atoms with van der Waals surface area (Å²) < 4.78 is 12.5. The average molecular weight is 260 g/mol. The monoisotopic (exact) mass is 260 g/mol. The Morgan fingerprint density at radius 2 is 1.89 bits per heavy atom. The Labute approximate surface area is 114 Å². The molecule has 0 atom stereocenters. The van der Waals surface area contributed by atoms with Gasteiger partial charge < -0.3 is 19.4 Å². The van der Waals surface area contributed by atoms with Crippen molar-refractivity contribution in [2.75, 3.05) is 25.6 Å². The Balaban J connectivity index is 1.81. The van der Waals surface area contributed by atoms with Gasteiger partial charge in [-0.15, -0.1) is 0 Å². The van der Waals surface area contributed by atoms with Crippen LogP contribution in [-0.4, -0.2) is 24.9 Å². The van der Waals surface area contributed by atoms with Crippen molar-refractivity contribution in [3.8, 4) is 5.75 Å². The highest BCUT2D eigenvalue weighted by Gasteiger charge is 1.97. The highest BCUT2D eigenvalue weighted by molar-refractivity contribution is 5.46. The van der Waals surface area contributed by atoms with Crippen LogP contribution in [0.25, 0.3) is 0 Å². The Bertz CT molecular complexity index is 491. The lowest BCUT2D eigenvalue weighted by molar-refractivity contribution is 0.146. The van der Waals surface area contributed by atoms with E-state index in [-0.39, 0.29) is 0 Å². The summed E-state index contributed by atoms with van der Waals surface area (Å²) in [5, 5.41) is 3.38. The van der Waals surface area contributed by atoms with Gasteiger partial charge in [0.15, 0.2) is 0 Å². The third kappa shape index (κ3) is 4.34. The Kier molecular flexibility index (Phi) is 4.86. The molecule has 0 radical (unpaired) electrons. The second-order valence-corrected chi connectivity index (χ2v) is 4.40. The van der Waals surface area contributed by atoms with Crippen molar-refractivity contribution in [1.82, 2.24) is 4.57 Å². The number of ether oxygens (including phenoxy) is 2. The van der Waals surface area contributed by atoms with Crippen molar-refractivity contribution >= 4 is 5.69 Å². The number of aryl methyl sites for hydroxylation is 1. The first-order valence-corrected chi connectivity index (χ1v) is 6.34. The first-order chi connectivity index (χ1) is 9.28. The van der Waals surface area contributed by atoms with E-state index in [1.807, 2.05) is 42.1 Å². The first-order valence-electron chi connectivity index (χ1n) is 6.34. The molecule has 1 heterocycles. The predicted octanol–water partition coefficient (Wildman–Crippen LogP) is 2.66. The van der Waals surface area contributed by atoms with Crippen molar-refractivity contribution in [1.29, 1.82) is 0 Å². The van der Waals surface area contributed by atoms with Crippen LogP contribution >= 0.6 is 0 Å². The predicted molar refractivity (Wildman–Crippen MR) is 76.6 cm³/mol. The van der Waals surface area contributed by atoms with E-state index in [2.05, 4.69) is 17.6 Å². The quantitative estimate of drug-likeness (QED) is 0.777. The summed E-state index contributed by atoms with van der Waals surface area (Å²) in [4.78, 5) is 0. The fourth-order valence-corrected chi connectivity index (χ4v) is 1.78. The van der Waals surface area contributed by atoms with Gasteiger partial charge in [-0.25, -0.2) is 0 Å². The van der Waals surface area contributed by atoms with Crippen molar-refractivity contribution in [3.05, 3.63) is 48.3 Å². The fourth-order valence-electron chi connectivity index (χ4n) is 1.78. The van der Waals surface area contributed by atoms with Crippen LogP contribution in [0.4, 0.5) is 5.69 Å². The molecule has 4 heteroatoms. The Hall–Kier alpha value is -1.94. The normalized spacial score (nSPS) is 10.4.